The third-order valence-corrected chi connectivity index (χ3v) is 4.41. The van der Waals surface area contributed by atoms with Crippen LogP contribution in [-0.4, -0.2) is 11.9 Å². The van der Waals surface area contributed by atoms with Crippen LogP contribution in [0.5, 0.6) is 0 Å². The van der Waals surface area contributed by atoms with Crippen LogP contribution in [0.15, 0.2) is 30.3 Å². The quantitative estimate of drug-likeness (QED) is 0.837. The van der Waals surface area contributed by atoms with Gasteiger partial charge in [-0.15, -0.1) is 0 Å². The first-order valence-electron chi connectivity index (χ1n) is 7.76. The van der Waals surface area contributed by atoms with E-state index < -0.39 is 0 Å². The molecule has 1 aromatic carbocycles. The summed E-state index contributed by atoms with van der Waals surface area (Å²) in [7, 11) is 0. The molecule has 3 nitrogen and oxygen atoms in total. The molecule has 0 saturated heterocycles. The van der Waals surface area contributed by atoms with E-state index in [1.807, 2.05) is 30.3 Å². The molecule has 0 heterocycles. The van der Waals surface area contributed by atoms with E-state index >= 15 is 0 Å². The van der Waals surface area contributed by atoms with Crippen LogP contribution in [0.25, 0.3) is 0 Å². The van der Waals surface area contributed by atoms with Crippen molar-refractivity contribution >= 4 is 5.91 Å². The van der Waals surface area contributed by atoms with E-state index in [2.05, 4.69) is 12.2 Å². The van der Waals surface area contributed by atoms with E-state index in [0.29, 0.717) is 24.8 Å². The van der Waals surface area contributed by atoms with Crippen molar-refractivity contribution in [3.63, 3.8) is 0 Å². The van der Waals surface area contributed by atoms with Crippen LogP contribution in [0.2, 0.25) is 0 Å². The predicted octanol–water partition coefficient (Wildman–Crippen LogP) is 3.16. The Bertz CT molecular complexity index is 412. The summed E-state index contributed by atoms with van der Waals surface area (Å²) < 4.78 is 0. The number of hydrogen-bond acceptors (Lipinski definition) is 2. The first-order valence-corrected chi connectivity index (χ1v) is 7.76. The van der Waals surface area contributed by atoms with Crippen molar-refractivity contribution in [2.24, 2.45) is 11.7 Å². The van der Waals surface area contributed by atoms with Gasteiger partial charge < -0.3 is 11.1 Å². The van der Waals surface area contributed by atoms with Crippen LogP contribution >= 0.6 is 0 Å². The molecule has 2 rings (SSSR count). The average molecular weight is 274 g/mol. The van der Waals surface area contributed by atoms with E-state index in [1.54, 1.807) is 0 Å². The van der Waals surface area contributed by atoms with Crippen molar-refractivity contribution in [3.8, 4) is 0 Å². The van der Waals surface area contributed by atoms with E-state index in [9.17, 15) is 4.79 Å². The van der Waals surface area contributed by atoms with Gasteiger partial charge in [-0.25, -0.2) is 0 Å². The Morgan fingerprint density at radius 1 is 1.30 bits per heavy atom. The molecule has 0 aromatic heterocycles. The van der Waals surface area contributed by atoms with Crippen molar-refractivity contribution < 1.29 is 4.79 Å². The smallest absolute Gasteiger partial charge is 0.220 e. The maximum atomic E-state index is 12.0. The molecule has 0 bridgehead atoms. The minimum Gasteiger partial charge on any atom is -0.353 e. The summed E-state index contributed by atoms with van der Waals surface area (Å²) in [6.07, 6.45) is 6.34. The number of amides is 1. The van der Waals surface area contributed by atoms with E-state index in [0.717, 1.165) is 5.56 Å². The fourth-order valence-corrected chi connectivity index (χ4v) is 3.05. The topological polar surface area (TPSA) is 55.1 Å². The van der Waals surface area contributed by atoms with Crippen molar-refractivity contribution in [1.29, 1.82) is 0 Å². The molecule has 1 aliphatic rings. The normalized spacial score (nSPS) is 18.7. The molecular formula is C17H26N2O. The summed E-state index contributed by atoms with van der Waals surface area (Å²) in [4.78, 5) is 12.0. The van der Waals surface area contributed by atoms with Crippen LogP contribution in [0.1, 0.15) is 57.1 Å². The standard InChI is InChI=1S/C17H26N2O/c1-13(14-7-5-6-8-14)19-17(20)12-11-16(18)15-9-3-2-4-10-15/h2-4,9-10,13-14,16H,5-8,11-12,18H2,1H3,(H,19,20)/t13-,16?/m1/s1. The largest absolute Gasteiger partial charge is 0.353 e. The van der Waals surface area contributed by atoms with Gasteiger partial charge in [-0.1, -0.05) is 43.2 Å². The van der Waals surface area contributed by atoms with E-state index in [4.69, 9.17) is 5.73 Å². The maximum absolute atomic E-state index is 12.0. The zero-order valence-electron chi connectivity index (χ0n) is 12.3. The van der Waals surface area contributed by atoms with Crippen molar-refractivity contribution in [2.45, 2.75) is 57.5 Å². The highest BCUT2D eigenvalue weighted by Crippen LogP contribution is 2.27. The highest BCUT2D eigenvalue weighted by molar-refractivity contribution is 5.76. The molecule has 2 atom stereocenters. The molecule has 1 amide bonds. The molecule has 3 heteroatoms. The lowest BCUT2D eigenvalue weighted by atomic mass is 9.99. The molecule has 1 saturated carbocycles. The van der Waals surface area contributed by atoms with Gasteiger partial charge in [-0.2, -0.15) is 0 Å². The number of nitrogens with one attached hydrogen (secondary N) is 1. The highest BCUT2D eigenvalue weighted by Gasteiger charge is 2.22. The number of nitrogens with two attached hydrogens (primary N) is 1. The molecule has 1 unspecified atom stereocenters. The number of hydrogen-bond donors (Lipinski definition) is 2. The first kappa shape index (κ1) is 15.0. The fraction of sp³-hybridized carbons (Fsp3) is 0.588. The molecule has 0 spiro atoms. The minimum absolute atomic E-state index is 0.0521. The maximum Gasteiger partial charge on any atom is 0.220 e. The second-order valence-electron chi connectivity index (χ2n) is 5.96. The molecule has 1 aliphatic carbocycles. The van der Waals surface area contributed by atoms with Gasteiger partial charge in [-0.05, 0) is 37.7 Å². The second-order valence-corrected chi connectivity index (χ2v) is 5.96. The minimum atomic E-state index is -0.0521. The second kappa shape index (κ2) is 7.44. The summed E-state index contributed by atoms with van der Waals surface area (Å²) in [5.74, 6) is 0.803. The first-order chi connectivity index (χ1) is 9.66. The monoisotopic (exact) mass is 274 g/mol. The van der Waals surface area contributed by atoms with Gasteiger partial charge in [-0.3, -0.25) is 4.79 Å². The van der Waals surface area contributed by atoms with Crippen LogP contribution in [0.4, 0.5) is 0 Å². The van der Waals surface area contributed by atoms with E-state index in [1.165, 1.54) is 25.7 Å². The Hall–Kier alpha value is -1.35. The predicted molar refractivity (Wildman–Crippen MR) is 82.2 cm³/mol. The van der Waals surface area contributed by atoms with Crippen molar-refractivity contribution in [2.75, 3.05) is 0 Å². The summed E-state index contributed by atoms with van der Waals surface area (Å²) >= 11 is 0. The van der Waals surface area contributed by atoms with Crippen molar-refractivity contribution in [1.82, 2.24) is 5.32 Å². The van der Waals surface area contributed by atoms with Gasteiger partial charge in [0.2, 0.25) is 5.91 Å². The molecule has 1 fully saturated rings. The molecule has 0 aliphatic heterocycles. The number of benzene rings is 1. The van der Waals surface area contributed by atoms with Gasteiger partial charge in [0.05, 0.1) is 0 Å². The van der Waals surface area contributed by atoms with Crippen LogP contribution in [0.3, 0.4) is 0 Å². The molecule has 3 N–H and O–H groups in total. The third kappa shape index (κ3) is 4.34. The van der Waals surface area contributed by atoms with E-state index in [-0.39, 0.29) is 11.9 Å². The average Bonchev–Trinajstić information content (AvgIpc) is 3.00. The fourth-order valence-electron chi connectivity index (χ4n) is 3.05. The molecule has 0 radical (unpaired) electrons. The third-order valence-electron chi connectivity index (χ3n) is 4.41. The molecule has 110 valence electrons. The Kier molecular flexibility index (Phi) is 5.60. The van der Waals surface area contributed by atoms with Crippen molar-refractivity contribution in [3.05, 3.63) is 35.9 Å². The SMILES string of the molecule is C[C@@H](NC(=O)CCC(N)c1ccccc1)C1CCCC1. The summed E-state index contributed by atoms with van der Waals surface area (Å²) in [5.41, 5.74) is 7.22. The number of carbonyl (C=O) groups is 1. The molecular weight excluding hydrogens is 248 g/mol. The molecule has 1 aromatic rings. The van der Waals surface area contributed by atoms with Crippen LogP contribution in [-0.2, 0) is 4.79 Å². The Labute approximate surface area is 121 Å². The Morgan fingerprint density at radius 3 is 2.60 bits per heavy atom. The highest BCUT2D eigenvalue weighted by atomic mass is 16.1. The lowest BCUT2D eigenvalue weighted by molar-refractivity contribution is -0.122. The Morgan fingerprint density at radius 2 is 1.95 bits per heavy atom. The van der Waals surface area contributed by atoms with Gasteiger partial charge in [0.1, 0.15) is 0 Å². The number of carbonyl (C=O) groups excluding carboxylic acids is 1. The van der Waals surface area contributed by atoms with Crippen LogP contribution < -0.4 is 11.1 Å². The van der Waals surface area contributed by atoms with Gasteiger partial charge in [0, 0.05) is 18.5 Å². The Balaban J connectivity index is 1.72. The summed E-state index contributed by atoms with van der Waals surface area (Å²) in [6.45, 7) is 2.13. The van der Waals surface area contributed by atoms with Gasteiger partial charge in [0.15, 0.2) is 0 Å². The lowest BCUT2D eigenvalue weighted by Gasteiger charge is -2.21. The molecule has 20 heavy (non-hydrogen) atoms. The summed E-state index contributed by atoms with van der Waals surface area (Å²) in [5, 5.41) is 3.13. The summed E-state index contributed by atoms with van der Waals surface area (Å²) in [6, 6.07) is 10.2. The lowest BCUT2D eigenvalue weighted by Crippen LogP contribution is -2.37. The van der Waals surface area contributed by atoms with Gasteiger partial charge >= 0.3 is 0 Å². The zero-order valence-corrected chi connectivity index (χ0v) is 12.3. The number of rotatable bonds is 6. The van der Waals surface area contributed by atoms with Gasteiger partial charge in [0.25, 0.3) is 0 Å². The van der Waals surface area contributed by atoms with Crippen LogP contribution in [0, 0.1) is 5.92 Å². The zero-order chi connectivity index (χ0) is 14.4.